The molecule has 3 aliphatic heterocycles. The lowest BCUT2D eigenvalue weighted by molar-refractivity contribution is -0.155. The summed E-state index contributed by atoms with van der Waals surface area (Å²) in [7, 11) is 3.64. The third-order valence-electron chi connectivity index (χ3n) is 12.5. The van der Waals surface area contributed by atoms with E-state index in [-0.39, 0.29) is 42.9 Å². The number of amides is 2. The molecule has 4 atom stereocenters. The molecule has 62 heavy (non-hydrogen) atoms. The fourth-order valence-electron chi connectivity index (χ4n) is 9.59. The Morgan fingerprint density at radius 3 is 2.71 bits per heavy atom. The van der Waals surface area contributed by atoms with E-state index in [1.54, 1.807) is 25.4 Å². The number of pyridine rings is 1. The number of benzene rings is 2. The minimum absolute atomic E-state index is 0.00886. The number of rotatable bonds is 10. The predicted octanol–water partition coefficient (Wildman–Crippen LogP) is 7.26. The SMILES string of the molecule is CCn1c(-c2cnccc2COC)c2c3cc(ccc31)-c1cc(O)cc(c1)C[C@H](CC#[N+]C(=O)[C@H](C(C)C)N(C)C[C@H]1CCOC1)C(=O)N1CCC[C@H](N1)C(=O)OCC(C)(C)C2. The Hall–Kier alpha value is -5.13. The van der Waals surface area contributed by atoms with E-state index >= 15 is 0 Å². The number of esters is 1. The highest BCUT2D eigenvalue weighted by Crippen LogP contribution is 2.41. The molecule has 0 unspecified atom stereocenters. The van der Waals surface area contributed by atoms with Crippen molar-refractivity contribution in [3.63, 3.8) is 0 Å². The largest absolute Gasteiger partial charge is 0.532 e. The molecule has 2 aromatic heterocycles. The van der Waals surface area contributed by atoms with Crippen LogP contribution >= 0.6 is 0 Å². The van der Waals surface area contributed by atoms with Crippen molar-refractivity contribution in [2.45, 2.75) is 98.4 Å². The average Bonchev–Trinajstić information content (AvgIpc) is 3.87. The number of cyclic esters (lactones) is 1. The zero-order chi connectivity index (χ0) is 44.1. The first-order chi connectivity index (χ1) is 29.8. The summed E-state index contributed by atoms with van der Waals surface area (Å²) >= 11 is 0. The molecule has 2 saturated heterocycles. The van der Waals surface area contributed by atoms with Gasteiger partial charge in [0, 0.05) is 72.5 Å². The van der Waals surface area contributed by atoms with Crippen molar-refractivity contribution in [3.05, 3.63) is 76.4 Å². The highest BCUT2D eigenvalue weighted by atomic mass is 16.5. The Balaban J connectivity index is 1.29. The Kier molecular flexibility index (Phi) is 14.1. The highest BCUT2D eigenvalue weighted by molar-refractivity contribution is 5.95. The topological polar surface area (TPSA) is 140 Å². The molecule has 330 valence electrons. The van der Waals surface area contributed by atoms with Gasteiger partial charge in [0.2, 0.25) is 5.91 Å². The lowest BCUT2D eigenvalue weighted by Gasteiger charge is -2.35. The molecule has 7 rings (SSSR count). The van der Waals surface area contributed by atoms with Gasteiger partial charge in [0.15, 0.2) is 6.04 Å². The van der Waals surface area contributed by atoms with Crippen molar-refractivity contribution in [2.75, 3.05) is 47.1 Å². The number of fused-ring (bicyclic) bond motifs is 6. The molecule has 6 bridgehead atoms. The lowest BCUT2D eigenvalue weighted by Crippen LogP contribution is -2.57. The number of carbonyl (C=O) groups excluding carboxylic acids is 3. The molecule has 0 aliphatic carbocycles. The maximum absolute atomic E-state index is 14.5. The van der Waals surface area contributed by atoms with Crippen molar-refractivity contribution in [1.29, 1.82) is 0 Å². The first-order valence-corrected chi connectivity index (χ1v) is 22.2. The normalized spacial score (nSPS) is 21.1. The molecular weight excluding hydrogens is 785 g/mol. The third-order valence-corrected chi connectivity index (χ3v) is 12.5. The van der Waals surface area contributed by atoms with Gasteiger partial charge in [0.05, 0.1) is 37.9 Å². The van der Waals surface area contributed by atoms with Crippen LogP contribution in [0.25, 0.3) is 38.1 Å². The average molecular weight is 848 g/mol. The molecule has 4 aromatic rings. The van der Waals surface area contributed by atoms with Crippen LogP contribution in [-0.4, -0.2) is 102 Å². The lowest BCUT2D eigenvalue weighted by atomic mass is 9.84. The molecule has 2 fully saturated rings. The monoisotopic (exact) mass is 847 g/mol. The Bertz CT molecular complexity index is 2340. The van der Waals surface area contributed by atoms with Gasteiger partial charge < -0.3 is 23.9 Å². The van der Waals surface area contributed by atoms with Crippen molar-refractivity contribution < 1.29 is 33.7 Å². The van der Waals surface area contributed by atoms with Crippen LogP contribution in [0.1, 0.15) is 77.0 Å². The number of nitrogens with one attached hydrogen (secondary N) is 1. The number of aromatic hydroxyl groups is 1. The molecule has 13 heteroatoms. The van der Waals surface area contributed by atoms with Crippen LogP contribution in [0.3, 0.4) is 0 Å². The molecule has 13 nitrogen and oxygen atoms in total. The first-order valence-electron chi connectivity index (χ1n) is 22.2. The second-order valence-electron chi connectivity index (χ2n) is 18.5. The number of ether oxygens (including phenoxy) is 3. The van der Waals surface area contributed by atoms with E-state index in [9.17, 15) is 19.5 Å². The maximum atomic E-state index is 14.5. The fourth-order valence-corrected chi connectivity index (χ4v) is 9.59. The van der Waals surface area contributed by atoms with Gasteiger partial charge in [-0.3, -0.25) is 24.5 Å². The predicted molar refractivity (Wildman–Crippen MR) is 239 cm³/mol. The number of nitrogens with zero attached hydrogens (tertiary/aromatic N) is 5. The number of hydrazine groups is 1. The molecule has 2 N–H and O–H groups in total. The zero-order valence-corrected chi connectivity index (χ0v) is 37.4. The van der Waals surface area contributed by atoms with Gasteiger partial charge in [-0.25, -0.2) is 5.43 Å². The second kappa shape index (κ2) is 19.5. The van der Waals surface area contributed by atoms with Crippen LogP contribution in [0.2, 0.25) is 0 Å². The molecular formula is C49H63N6O7+. The van der Waals surface area contributed by atoms with Gasteiger partial charge >= 0.3 is 11.9 Å². The van der Waals surface area contributed by atoms with Crippen LogP contribution in [0.15, 0.2) is 54.9 Å². The second-order valence-corrected chi connectivity index (χ2v) is 18.5. The smallest absolute Gasteiger partial charge is 0.508 e. The minimum Gasteiger partial charge on any atom is -0.508 e. The zero-order valence-electron chi connectivity index (χ0n) is 37.4. The Morgan fingerprint density at radius 2 is 1.97 bits per heavy atom. The van der Waals surface area contributed by atoms with E-state index in [0.29, 0.717) is 51.5 Å². The molecule has 3 aliphatic rings. The van der Waals surface area contributed by atoms with Crippen molar-refractivity contribution in [1.82, 2.24) is 24.9 Å². The number of hydrogen-bond donors (Lipinski definition) is 2. The van der Waals surface area contributed by atoms with E-state index in [1.165, 1.54) is 5.01 Å². The van der Waals surface area contributed by atoms with Crippen molar-refractivity contribution in [3.8, 4) is 34.2 Å². The third kappa shape index (κ3) is 10.1. The number of carbonyl (C=O) groups is 3. The Morgan fingerprint density at radius 1 is 1.15 bits per heavy atom. The summed E-state index contributed by atoms with van der Waals surface area (Å²) in [5, 5.41) is 13.8. The van der Waals surface area contributed by atoms with Gasteiger partial charge in [-0.1, -0.05) is 39.8 Å². The molecule has 0 saturated carbocycles. The minimum atomic E-state index is -0.714. The van der Waals surface area contributed by atoms with E-state index in [1.807, 2.05) is 39.2 Å². The Labute approximate surface area is 365 Å². The van der Waals surface area contributed by atoms with Gasteiger partial charge in [-0.15, -0.1) is 0 Å². The molecule has 5 heterocycles. The van der Waals surface area contributed by atoms with Crippen LogP contribution in [0.4, 0.5) is 0 Å². The molecule has 0 spiro atoms. The highest BCUT2D eigenvalue weighted by Gasteiger charge is 2.38. The van der Waals surface area contributed by atoms with E-state index in [0.717, 1.165) is 69.6 Å². The number of aromatic nitrogens is 2. The summed E-state index contributed by atoms with van der Waals surface area (Å²) in [5.74, 6) is -1.21. The number of hydrogen-bond acceptors (Lipinski definition) is 10. The molecule has 2 amide bonds. The summed E-state index contributed by atoms with van der Waals surface area (Å²) in [5.41, 5.74) is 10.3. The maximum Gasteiger partial charge on any atom is 0.532 e. The standard InChI is InChI=1S/C49H62N6O7/c1-8-54-43-12-11-34-24-39(43)40(45(54)41-26-50-16-13-36(41)29-60-7)25-49(4,5)30-62-48(59)42-10-9-18-55(52-42)47(58)35(20-33-21-37(34)23-38(56)22-33)14-17-51-46(57)44(31(2)3)53(6)27-32-15-19-61-28-32/h11-13,16,21-24,26,31-32,35,42,44,52H,8-10,14-15,18-20,25,27-30H2,1-7H3/p+1/t32-,35+,42+,44+/m1/s1. The number of aryl methyl sites for hydroxylation is 1. The molecule has 2 aromatic carbocycles. The van der Waals surface area contributed by atoms with Crippen LogP contribution in [-0.2, 0) is 54.6 Å². The number of methoxy groups -OCH3 is 1. The first kappa shape index (κ1) is 44.9. The summed E-state index contributed by atoms with van der Waals surface area (Å²) in [6, 6.07) is 15.6. The van der Waals surface area contributed by atoms with Crippen LogP contribution < -0.4 is 5.43 Å². The summed E-state index contributed by atoms with van der Waals surface area (Å²) in [6.07, 6.45) is 6.65. The van der Waals surface area contributed by atoms with Gasteiger partial charge in [-0.2, -0.15) is 4.79 Å². The van der Waals surface area contributed by atoms with Gasteiger partial charge in [-0.05, 0) is 116 Å². The van der Waals surface area contributed by atoms with Crippen molar-refractivity contribution in [2.24, 2.45) is 23.2 Å². The summed E-state index contributed by atoms with van der Waals surface area (Å²) < 4.78 is 19.6. The van der Waals surface area contributed by atoms with E-state index < -0.39 is 29.4 Å². The van der Waals surface area contributed by atoms with Gasteiger partial charge in [0.1, 0.15) is 11.8 Å². The summed E-state index contributed by atoms with van der Waals surface area (Å²) in [4.78, 5) is 52.9. The fraction of sp³-hybridized carbons (Fsp3) is 0.531. The quantitative estimate of drug-likeness (QED) is 0.157. The van der Waals surface area contributed by atoms with Gasteiger partial charge in [0.25, 0.3) is 6.07 Å². The van der Waals surface area contributed by atoms with Crippen LogP contribution in [0, 0.1) is 29.2 Å². The number of phenolic OH excluding ortho intramolecular Hbond substituents is 1. The molecule has 0 radical (unpaired) electrons. The van der Waals surface area contributed by atoms with E-state index in [2.05, 4.69) is 69.8 Å². The summed E-state index contributed by atoms with van der Waals surface area (Å²) in [6.45, 7) is 14.2. The van der Waals surface area contributed by atoms with E-state index in [4.69, 9.17) is 14.2 Å². The van der Waals surface area contributed by atoms with Crippen molar-refractivity contribution >= 4 is 28.7 Å². The number of phenols is 1. The van der Waals surface area contributed by atoms with Crippen LogP contribution in [0.5, 0.6) is 5.75 Å². The number of likely N-dealkylation sites (N-methyl/N-ethyl adjacent to an activating group) is 1.